The molecule has 0 amide bonds. The molecule has 1 aromatic carbocycles. The van der Waals surface area contributed by atoms with Gasteiger partial charge in [0.15, 0.2) is 0 Å². The second-order valence-corrected chi connectivity index (χ2v) is 7.64. The summed E-state index contributed by atoms with van der Waals surface area (Å²) >= 11 is 0. The summed E-state index contributed by atoms with van der Waals surface area (Å²) in [4.78, 5) is 11.1. The van der Waals surface area contributed by atoms with E-state index in [1.165, 1.54) is 37.7 Å². The Bertz CT molecular complexity index is 500. The lowest BCUT2D eigenvalue weighted by atomic mass is 9.79. The summed E-state index contributed by atoms with van der Waals surface area (Å²) in [5.74, 6) is -0.724. The van der Waals surface area contributed by atoms with Gasteiger partial charge in [-0.1, -0.05) is 43.2 Å². The number of aliphatic carboxylic acids is 1. The quantitative estimate of drug-likeness (QED) is 0.833. The lowest BCUT2D eigenvalue weighted by molar-refractivity contribution is -0.142. The van der Waals surface area contributed by atoms with Crippen molar-refractivity contribution in [2.75, 3.05) is 6.54 Å². The highest BCUT2D eigenvalue weighted by Crippen LogP contribution is 2.41. The highest BCUT2D eigenvalue weighted by atomic mass is 16.4. The number of hydrogen-bond donors (Lipinski definition) is 2. The third-order valence-corrected chi connectivity index (χ3v) is 5.93. The zero-order valence-electron chi connectivity index (χ0n) is 14.0. The molecule has 0 unspecified atom stereocenters. The molecule has 3 heteroatoms. The van der Waals surface area contributed by atoms with Crippen LogP contribution in [0, 0.1) is 11.3 Å². The van der Waals surface area contributed by atoms with Crippen LogP contribution >= 0.6 is 0 Å². The number of benzene rings is 1. The third kappa shape index (κ3) is 4.35. The summed E-state index contributed by atoms with van der Waals surface area (Å²) in [6.45, 7) is 1.09. The smallest absolute Gasteiger partial charge is 0.306 e. The van der Waals surface area contributed by atoms with E-state index in [1.54, 1.807) is 0 Å². The van der Waals surface area contributed by atoms with E-state index < -0.39 is 5.97 Å². The molecule has 0 aliphatic heterocycles. The minimum Gasteiger partial charge on any atom is -0.481 e. The lowest BCUT2D eigenvalue weighted by Crippen LogP contribution is -2.42. The molecule has 3 nitrogen and oxygen atoms in total. The molecule has 2 saturated carbocycles. The molecular weight excluding hydrogens is 286 g/mol. The number of nitrogens with one attached hydrogen (secondary N) is 1. The van der Waals surface area contributed by atoms with Gasteiger partial charge in [0.05, 0.1) is 5.92 Å². The van der Waals surface area contributed by atoms with Crippen molar-refractivity contribution in [2.24, 2.45) is 11.3 Å². The number of carboxylic acids is 1. The summed E-state index contributed by atoms with van der Waals surface area (Å²) in [7, 11) is 0. The topological polar surface area (TPSA) is 49.3 Å². The van der Waals surface area contributed by atoms with Gasteiger partial charge in [0.25, 0.3) is 0 Å². The maximum absolute atomic E-state index is 11.1. The van der Waals surface area contributed by atoms with Gasteiger partial charge in [-0.15, -0.1) is 0 Å². The molecule has 0 atom stereocenters. The highest BCUT2D eigenvalue weighted by Gasteiger charge is 2.35. The third-order valence-electron chi connectivity index (χ3n) is 5.93. The standard InChI is InChI=1S/C20H29NO2/c22-19(23)17-8-10-18(11-9-17)21-15-20(12-4-5-13-20)14-16-6-2-1-3-7-16/h1-3,6-7,17-18,21H,4-5,8-15H2,(H,22,23). The van der Waals surface area contributed by atoms with Gasteiger partial charge in [0, 0.05) is 12.6 Å². The first-order valence-corrected chi connectivity index (χ1v) is 9.17. The Kier molecular flexibility index (Phi) is 5.37. The molecule has 2 aliphatic rings. The first-order chi connectivity index (χ1) is 11.2. The van der Waals surface area contributed by atoms with E-state index in [2.05, 4.69) is 35.6 Å². The highest BCUT2D eigenvalue weighted by molar-refractivity contribution is 5.70. The van der Waals surface area contributed by atoms with E-state index in [0.717, 1.165) is 32.2 Å². The van der Waals surface area contributed by atoms with Crippen molar-refractivity contribution in [3.8, 4) is 0 Å². The lowest BCUT2D eigenvalue weighted by Gasteiger charge is -2.34. The van der Waals surface area contributed by atoms with Crippen LogP contribution in [0.3, 0.4) is 0 Å². The summed E-state index contributed by atoms with van der Waals surface area (Å²) in [5, 5.41) is 12.9. The number of carboxylic acid groups (broad SMARTS) is 1. The van der Waals surface area contributed by atoms with Gasteiger partial charge < -0.3 is 10.4 Å². The average molecular weight is 315 g/mol. The maximum Gasteiger partial charge on any atom is 0.306 e. The van der Waals surface area contributed by atoms with E-state index in [4.69, 9.17) is 5.11 Å². The average Bonchev–Trinajstić information content (AvgIpc) is 3.03. The largest absolute Gasteiger partial charge is 0.481 e. The van der Waals surface area contributed by atoms with Crippen LogP contribution in [-0.4, -0.2) is 23.7 Å². The predicted octanol–water partition coefficient (Wildman–Crippen LogP) is 4.02. The van der Waals surface area contributed by atoms with Gasteiger partial charge in [0.1, 0.15) is 0 Å². The van der Waals surface area contributed by atoms with Crippen molar-refractivity contribution in [2.45, 2.75) is 63.8 Å². The maximum atomic E-state index is 11.1. The van der Waals surface area contributed by atoms with Crippen molar-refractivity contribution in [3.05, 3.63) is 35.9 Å². The number of hydrogen-bond acceptors (Lipinski definition) is 2. The van der Waals surface area contributed by atoms with Crippen LogP contribution in [0.2, 0.25) is 0 Å². The number of carbonyl (C=O) groups is 1. The Morgan fingerprint density at radius 1 is 1.09 bits per heavy atom. The minimum atomic E-state index is -0.611. The zero-order chi connectivity index (χ0) is 16.1. The van der Waals surface area contributed by atoms with Crippen molar-refractivity contribution in [1.82, 2.24) is 5.32 Å². The number of rotatable bonds is 6. The minimum absolute atomic E-state index is 0.113. The molecule has 0 radical (unpaired) electrons. The van der Waals surface area contributed by atoms with Crippen molar-refractivity contribution >= 4 is 5.97 Å². The normalized spacial score (nSPS) is 27.0. The van der Waals surface area contributed by atoms with E-state index in [-0.39, 0.29) is 5.92 Å². The molecule has 0 spiro atoms. The Hall–Kier alpha value is -1.35. The molecule has 0 aromatic heterocycles. The van der Waals surface area contributed by atoms with E-state index in [9.17, 15) is 4.79 Å². The molecule has 126 valence electrons. The molecule has 0 heterocycles. The van der Waals surface area contributed by atoms with Crippen LogP contribution in [0.5, 0.6) is 0 Å². The molecule has 1 aromatic rings. The van der Waals surface area contributed by atoms with Gasteiger partial charge in [-0.3, -0.25) is 4.79 Å². The molecule has 0 saturated heterocycles. The Balaban J connectivity index is 1.53. The van der Waals surface area contributed by atoms with E-state index in [1.807, 2.05) is 0 Å². The second-order valence-electron chi connectivity index (χ2n) is 7.64. The van der Waals surface area contributed by atoms with E-state index >= 15 is 0 Å². The summed E-state index contributed by atoms with van der Waals surface area (Å²) in [5.41, 5.74) is 1.86. The Morgan fingerprint density at radius 2 is 1.74 bits per heavy atom. The van der Waals surface area contributed by atoms with Crippen molar-refractivity contribution < 1.29 is 9.90 Å². The molecular formula is C20H29NO2. The van der Waals surface area contributed by atoms with E-state index in [0.29, 0.717) is 11.5 Å². The summed E-state index contributed by atoms with van der Waals surface area (Å²) in [6.07, 6.45) is 10.2. The van der Waals surface area contributed by atoms with Crippen LogP contribution in [0.4, 0.5) is 0 Å². The first kappa shape index (κ1) is 16.5. The van der Waals surface area contributed by atoms with Crippen molar-refractivity contribution in [3.63, 3.8) is 0 Å². The fraction of sp³-hybridized carbons (Fsp3) is 0.650. The molecule has 2 aliphatic carbocycles. The summed E-state index contributed by atoms with van der Waals surface area (Å²) < 4.78 is 0. The first-order valence-electron chi connectivity index (χ1n) is 9.17. The zero-order valence-corrected chi connectivity index (χ0v) is 14.0. The van der Waals surface area contributed by atoms with Crippen molar-refractivity contribution in [1.29, 1.82) is 0 Å². The van der Waals surface area contributed by atoms with Gasteiger partial charge >= 0.3 is 5.97 Å². The monoisotopic (exact) mass is 315 g/mol. The second kappa shape index (κ2) is 7.48. The molecule has 3 rings (SSSR count). The van der Waals surface area contributed by atoms with Crippen LogP contribution < -0.4 is 5.32 Å². The van der Waals surface area contributed by atoms with Crippen LogP contribution in [0.15, 0.2) is 30.3 Å². The fourth-order valence-corrected chi connectivity index (χ4v) is 4.48. The molecule has 2 fully saturated rings. The van der Waals surface area contributed by atoms with Gasteiger partial charge in [-0.25, -0.2) is 0 Å². The summed E-state index contributed by atoms with van der Waals surface area (Å²) in [6, 6.07) is 11.4. The van der Waals surface area contributed by atoms with Gasteiger partial charge in [0.2, 0.25) is 0 Å². The van der Waals surface area contributed by atoms with Gasteiger partial charge in [-0.05, 0) is 55.9 Å². The molecule has 23 heavy (non-hydrogen) atoms. The van der Waals surface area contributed by atoms with Crippen LogP contribution in [-0.2, 0) is 11.2 Å². The Labute approximate surface area is 139 Å². The van der Waals surface area contributed by atoms with Gasteiger partial charge in [-0.2, -0.15) is 0 Å². The predicted molar refractivity (Wildman–Crippen MR) is 92.4 cm³/mol. The van der Waals surface area contributed by atoms with Crippen LogP contribution in [0.1, 0.15) is 56.9 Å². The SMILES string of the molecule is O=C(O)C1CCC(NCC2(Cc3ccccc3)CCCC2)CC1. The molecule has 0 bridgehead atoms. The fourth-order valence-electron chi connectivity index (χ4n) is 4.48. The molecule has 2 N–H and O–H groups in total. The van der Waals surface area contributed by atoms with Crippen LogP contribution in [0.25, 0.3) is 0 Å². The Morgan fingerprint density at radius 3 is 2.35 bits per heavy atom.